The second-order valence-corrected chi connectivity index (χ2v) is 10.1. The lowest BCUT2D eigenvalue weighted by atomic mass is 10.0. The van der Waals surface area contributed by atoms with E-state index >= 15 is 0 Å². The van der Waals surface area contributed by atoms with Crippen molar-refractivity contribution in [2.24, 2.45) is 0 Å². The van der Waals surface area contributed by atoms with E-state index in [1.807, 2.05) is 0 Å². The number of anilines is 2. The third-order valence-electron chi connectivity index (χ3n) is 7.91. The zero-order valence-electron chi connectivity index (χ0n) is 21.4. The monoisotopic (exact) mass is 488 g/mol. The number of likely N-dealkylation sites (tertiary alicyclic amines) is 1. The van der Waals surface area contributed by atoms with Gasteiger partial charge in [-0.2, -0.15) is 9.97 Å². The zero-order chi connectivity index (χ0) is 24.5. The molecule has 1 N–H and O–H groups in total. The number of nitrogens with zero attached hydrogens (tertiary/aromatic N) is 5. The third-order valence-corrected chi connectivity index (χ3v) is 7.91. The highest BCUT2D eigenvalue weighted by molar-refractivity contribution is 5.95. The Morgan fingerprint density at radius 1 is 1.03 bits per heavy atom. The van der Waals surface area contributed by atoms with E-state index in [4.69, 9.17) is 19.4 Å². The summed E-state index contributed by atoms with van der Waals surface area (Å²) in [5, 5.41) is 5.88. The number of methoxy groups -OCH3 is 1. The van der Waals surface area contributed by atoms with Crippen LogP contribution in [0.4, 0.5) is 11.5 Å². The standard InChI is InChI=1S/C28H36N6O2/c1-32-12-5-7-21(32)19-36-28-30-25-18-34(13-9-24(25)27(31-28)33-14-10-29-11-15-33)26-17-22(35-2)16-20-6-3-4-8-23(20)26/h3-4,6,8,16-17,21,29H,5,7,9-15,18-19H2,1-2H3/t21-/m0/s1. The highest BCUT2D eigenvalue weighted by Gasteiger charge is 2.28. The average molecular weight is 489 g/mol. The molecule has 0 saturated carbocycles. The number of rotatable bonds is 6. The van der Waals surface area contributed by atoms with Crippen molar-refractivity contribution in [2.45, 2.75) is 31.8 Å². The van der Waals surface area contributed by atoms with Gasteiger partial charge in [-0.3, -0.25) is 0 Å². The van der Waals surface area contributed by atoms with Crippen molar-refractivity contribution in [3.8, 4) is 11.8 Å². The van der Waals surface area contributed by atoms with Gasteiger partial charge in [0, 0.05) is 61.5 Å². The Kier molecular flexibility index (Phi) is 6.54. The molecule has 2 fully saturated rings. The van der Waals surface area contributed by atoms with Gasteiger partial charge in [-0.1, -0.05) is 24.3 Å². The number of benzene rings is 2. The van der Waals surface area contributed by atoms with E-state index in [0.29, 0.717) is 18.7 Å². The number of likely N-dealkylation sites (N-methyl/N-ethyl adjacent to an activating group) is 1. The van der Waals surface area contributed by atoms with E-state index in [-0.39, 0.29) is 0 Å². The summed E-state index contributed by atoms with van der Waals surface area (Å²) in [4.78, 5) is 17.2. The van der Waals surface area contributed by atoms with E-state index in [9.17, 15) is 0 Å². The average Bonchev–Trinajstić information content (AvgIpc) is 3.35. The maximum atomic E-state index is 6.26. The Morgan fingerprint density at radius 3 is 2.69 bits per heavy atom. The summed E-state index contributed by atoms with van der Waals surface area (Å²) < 4.78 is 11.9. The molecule has 0 bridgehead atoms. The first-order valence-electron chi connectivity index (χ1n) is 13.2. The van der Waals surface area contributed by atoms with Crippen LogP contribution >= 0.6 is 0 Å². The Morgan fingerprint density at radius 2 is 1.89 bits per heavy atom. The van der Waals surface area contributed by atoms with E-state index in [1.165, 1.54) is 34.9 Å². The van der Waals surface area contributed by atoms with E-state index in [2.05, 4.69) is 63.5 Å². The van der Waals surface area contributed by atoms with Crippen LogP contribution < -0.4 is 24.6 Å². The van der Waals surface area contributed by atoms with Gasteiger partial charge in [-0.15, -0.1) is 0 Å². The number of hydrogen-bond acceptors (Lipinski definition) is 8. The van der Waals surface area contributed by atoms with Gasteiger partial charge in [0.2, 0.25) is 0 Å². The first-order chi connectivity index (χ1) is 17.7. The molecule has 3 aliphatic heterocycles. The Hall–Kier alpha value is -3.10. The molecule has 2 aromatic carbocycles. The second kappa shape index (κ2) is 10.1. The second-order valence-electron chi connectivity index (χ2n) is 10.1. The number of aromatic nitrogens is 2. The maximum Gasteiger partial charge on any atom is 0.318 e. The van der Waals surface area contributed by atoms with Crippen LogP contribution in [0, 0.1) is 0 Å². The number of piperazine rings is 1. The molecule has 3 aliphatic rings. The molecule has 0 radical (unpaired) electrons. The molecule has 6 rings (SSSR count). The van der Waals surface area contributed by atoms with Crippen LogP contribution in [0.25, 0.3) is 10.8 Å². The number of fused-ring (bicyclic) bond motifs is 2. The molecule has 1 aromatic heterocycles. The van der Waals surface area contributed by atoms with Crippen LogP contribution in [0.15, 0.2) is 36.4 Å². The number of hydrogen-bond donors (Lipinski definition) is 1. The van der Waals surface area contributed by atoms with Gasteiger partial charge in [0.15, 0.2) is 0 Å². The summed E-state index contributed by atoms with van der Waals surface area (Å²) in [6.45, 7) is 7.28. The molecule has 2 saturated heterocycles. The molecule has 8 nitrogen and oxygen atoms in total. The van der Waals surface area contributed by atoms with Crippen LogP contribution in [-0.4, -0.2) is 80.9 Å². The van der Waals surface area contributed by atoms with Crippen molar-refractivity contribution in [2.75, 3.05) is 69.8 Å². The zero-order valence-corrected chi connectivity index (χ0v) is 21.4. The number of nitrogens with one attached hydrogen (secondary N) is 1. The lowest BCUT2D eigenvalue weighted by molar-refractivity contribution is 0.187. The minimum absolute atomic E-state index is 0.437. The summed E-state index contributed by atoms with van der Waals surface area (Å²) >= 11 is 0. The highest BCUT2D eigenvalue weighted by Crippen LogP contribution is 2.36. The van der Waals surface area contributed by atoms with Gasteiger partial charge < -0.3 is 29.5 Å². The first kappa shape index (κ1) is 23.3. The minimum Gasteiger partial charge on any atom is -0.497 e. The Bertz CT molecular complexity index is 1230. The predicted octanol–water partition coefficient (Wildman–Crippen LogP) is 3.08. The molecule has 36 heavy (non-hydrogen) atoms. The molecular formula is C28H36N6O2. The van der Waals surface area contributed by atoms with Crippen LogP contribution in [-0.2, 0) is 13.0 Å². The molecular weight excluding hydrogens is 452 g/mol. The van der Waals surface area contributed by atoms with Gasteiger partial charge in [-0.25, -0.2) is 0 Å². The predicted molar refractivity (Wildman–Crippen MR) is 144 cm³/mol. The minimum atomic E-state index is 0.437. The highest BCUT2D eigenvalue weighted by atomic mass is 16.5. The van der Waals surface area contributed by atoms with Crippen molar-refractivity contribution in [3.63, 3.8) is 0 Å². The molecule has 4 heterocycles. The van der Waals surface area contributed by atoms with Gasteiger partial charge in [-0.05, 0) is 44.3 Å². The molecule has 0 unspecified atom stereocenters. The topological polar surface area (TPSA) is 66.0 Å². The number of ether oxygens (including phenoxy) is 2. The largest absolute Gasteiger partial charge is 0.497 e. The molecule has 8 heteroatoms. The normalized spacial score (nSPS) is 20.6. The Labute approximate surface area is 213 Å². The summed E-state index contributed by atoms with van der Waals surface area (Å²) in [6, 6.07) is 13.7. The van der Waals surface area contributed by atoms with Crippen molar-refractivity contribution in [3.05, 3.63) is 47.7 Å². The lowest BCUT2D eigenvalue weighted by Gasteiger charge is -2.35. The molecule has 0 aliphatic carbocycles. The summed E-state index contributed by atoms with van der Waals surface area (Å²) in [5.41, 5.74) is 3.53. The van der Waals surface area contributed by atoms with Crippen molar-refractivity contribution < 1.29 is 9.47 Å². The lowest BCUT2D eigenvalue weighted by Crippen LogP contribution is -2.45. The molecule has 3 aromatic rings. The van der Waals surface area contributed by atoms with Gasteiger partial charge in [0.05, 0.1) is 19.3 Å². The quantitative estimate of drug-likeness (QED) is 0.568. The van der Waals surface area contributed by atoms with Crippen LogP contribution in [0.3, 0.4) is 0 Å². The summed E-state index contributed by atoms with van der Waals surface area (Å²) in [6.07, 6.45) is 3.31. The van der Waals surface area contributed by atoms with E-state index < -0.39 is 0 Å². The van der Waals surface area contributed by atoms with Crippen molar-refractivity contribution in [1.82, 2.24) is 20.2 Å². The van der Waals surface area contributed by atoms with Crippen LogP contribution in [0.2, 0.25) is 0 Å². The molecule has 190 valence electrons. The van der Waals surface area contributed by atoms with Crippen molar-refractivity contribution >= 4 is 22.3 Å². The van der Waals surface area contributed by atoms with E-state index in [1.54, 1.807) is 7.11 Å². The third kappa shape index (κ3) is 4.55. The fourth-order valence-electron chi connectivity index (χ4n) is 5.80. The van der Waals surface area contributed by atoms with Crippen molar-refractivity contribution in [1.29, 1.82) is 0 Å². The maximum absolute atomic E-state index is 6.26. The fourth-order valence-corrected chi connectivity index (χ4v) is 5.80. The van der Waals surface area contributed by atoms with Crippen LogP contribution in [0.1, 0.15) is 24.1 Å². The van der Waals surface area contributed by atoms with Gasteiger partial charge in [0.1, 0.15) is 18.2 Å². The van der Waals surface area contributed by atoms with E-state index in [0.717, 1.165) is 69.5 Å². The Balaban J connectivity index is 1.34. The fraction of sp³-hybridized carbons (Fsp3) is 0.500. The smallest absolute Gasteiger partial charge is 0.318 e. The van der Waals surface area contributed by atoms with Gasteiger partial charge >= 0.3 is 6.01 Å². The van der Waals surface area contributed by atoms with Crippen LogP contribution in [0.5, 0.6) is 11.8 Å². The summed E-state index contributed by atoms with van der Waals surface area (Å²) in [7, 11) is 3.91. The van der Waals surface area contributed by atoms with Gasteiger partial charge in [0.25, 0.3) is 0 Å². The SMILES string of the molecule is COc1cc(N2CCc3c(nc(OC[C@@H]4CCCN4C)nc3N3CCNCC3)C2)c2ccccc2c1. The molecule has 0 amide bonds. The molecule has 1 atom stereocenters. The summed E-state index contributed by atoms with van der Waals surface area (Å²) in [5.74, 6) is 1.94. The molecule has 0 spiro atoms. The first-order valence-corrected chi connectivity index (χ1v) is 13.2.